The number of nitrogens with zero attached hydrogens (tertiary/aromatic N) is 3. The smallest absolute Gasteiger partial charge is 0.313 e. The Morgan fingerprint density at radius 3 is 2.37 bits per heavy atom. The first-order valence-electron chi connectivity index (χ1n) is 13.6. The van der Waals surface area contributed by atoms with Crippen molar-refractivity contribution in [1.29, 1.82) is 0 Å². The van der Waals surface area contributed by atoms with E-state index in [-0.39, 0.29) is 31.6 Å². The average Bonchev–Trinajstić information content (AvgIpc) is 3.21. The van der Waals surface area contributed by atoms with E-state index in [4.69, 9.17) is 9.47 Å². The fourth-order valence-electron chi connectivity index (χ4n) is 6.76. The molecule has 1 aromatic rings. The van der Waals surface area contributed by atoms with Crippen molar-refractivity contribution in [2.24, 2.45) is 11.8 Å². The summed E-state index contributed by atoms with van der Waals surface area (Å²) in [5.41, 5.74) is -0.660. The number of amides is 2. The molecular formula is C29H37N3O6. The van der Waals surface area contributed by atoms with Crippen LogP contribution in [0.25, 0.3) is 0 Å². The van der Waals surface area contributed by atoms with Crippen LogP contribution in [0.3, 0.4) is 0 Å². The quantitative estimate of drug-likeness (QED) is 0.432. The molecule has 0 saturated carbocycles. The third-order valence-corrected chi connectivity index (χ3v) is 8.66. The standard InChI is InChI=1S/C29H37N3O6/c1-5-28-14-9-17-37-27(36)23(28)22-25(34)32(19(4)18-33)24-26(35)31(16-8-15-29(22,24)38-28)21-12-10-20(11-13-21)30(6-2)7-3/h8-15,19,22-24,33H,5-7,16-18H2,1-4H3/t19-,22+,23+,24?,28-,29+/m1/s1. The molecule has 0 aromatic heterocycles. The maximum atomic E-state index is 14.4. The molecule has 9 heteroatoms. The van der Waals surface area contributed by atoms with E-state index in [9.17, 15) is 19.5 Å². The monoisotopic (exact) mass is 523 g/mol. The minimum Gasteiger partial charge on any atom is -0.461 e. The predicted octanol–water partition coefficient (Wildman–Crippen LogP) is 2.29. The summed E-state index contributed by atoms with van der Waals surface area (Å²) >= 11 is 0. The van der Waals surface area contributed by atoms with E-state index in [1.807, 2.05) is 43.3 Å². The first-order valence-corrected chi connectivity index (χ1v) is 13.6. The van der Waals surface area contributed by atoms with Gasteiger partial charge in [-0.05, 0) is 57.5 Å². The number of carbonyl (C=O) groups is 3. The topological polar surface area (TPSA) is 99.6 Å². The molecule has 4 aliphatic heterocycles. The largest absolute Gasteiger partial charge is 0.461 e. The van der Waals surface area contributed by atoms with E-state index in [1.165, 1.54) is 4.90 Å². The van der Waals surface area contributed by atoms with Crippen LogP contribution in [0.1, 0.15) is 34.1 Å². The lowest BCUT2D eigenvalue weighted by Gasteiger charge is -2.39. The van der Waals surface area contributed by atoms with Crippen LogP contribution in [0.15, 0.2) is 48.6 Å². The van der Waals surface area contributed by atoms with Crippen molar-refractivity contribution in [2.75, 3.05) is 42.6 Å². The molecule has 5 rings (SSSR count). The number of likely N-dealkylation sites (tertiary alicyclic amines) is 1. The lowest BCUT2D eigenvalue weighted by atomic mass is 9.73. The van der Waals surface area contributed by atoms with E-state index >= 15 is 0 Å². The van der Waals surface area contributed by atoms with Gasteiger partial charge in [-0.1, -0.05) is 25.2 Å². The summed E-state index contributed by atoms with van der Waals surface area (Å²) < 4.78 is 12.3. The molecule has 204 valence electrons. The number of anilines is 2. The fourth-order valence-corrected chi connectivity index (χ4v) is 6.76. The molecule has 9 nitrogen and oxygen atoms in total. The zero-order valence-corrected chi connectivity index (χ0v) is 22.5. The highest BCUT2D eigenvalue weighted by Crippen LogP contribution is 2.58. The number of esters is 1. The van der Waals surface area contributed by atoms with Gasteiger partial charge < -0.3 is 29.3 Å². The van der Waals surface area contributed by atoms with E-state index in [2.05, 4.69) is 18.7 Å². The van der Waals surface area contributed by atoms with E-state index in [1.54, 1.807) is 24.0 Å². The van der Waals surface area contributed by atoms with Gasteiger partial charge in [0.15, 0.2) is 0 Å². The van der Waals surface area contributed by atoms with Crippen LogP contribution >= 0.6 is 0 Å². The van der Waals surface area contributed by atoms with E-state index in [0.717, 1.165) is 18.8 Å². The van der Waals surface area contributed by atoms with E-state index < -0.39 is 41.1 Å². The van der Waals surface area contributed by atoms with Gasteiger partial charge in [0.1, 0.15) is 29.8 Å². The van der Waals surface area contributed by atoms with Crippen LogP contribution in [0.2, 0.25) is 0 Å². The highest BCUT2D eigenvalue weighted by Gasteiger charge is 2.75. The molecule has 4 aliphatic rings. The summed E-state index contributed by atoms with van der Waals surface area (Å²) in [5, 5.41) is 10.1. The molecule has 38 heavy (non-hydrogen) atoms. The first kappa shape index (κ1) is 26.4. The van der Waals surface area contributed by atoms with Crippen molar-refractivity contribution in [3.63, 3.8) is 0 Å². The van der Waals surface area contributed by atoms with Gasteiger partial charge in [-0.2, -0.15) is 0 Å². The summed E-state index contributed by atoms with van der Waals surface area (Å²) in [5.74, 6) is -3.02. The molecule has 1 N–H and O–H groups in total. The molecule has 4 heterocycles. The molecule has 1 spiro atoms. The summed E-state index contributed by atoms with van der Waals surface area (Å²) in [4.78, 5) is 47.1. The zero-order chi connectivity index (χ0) is 27.2. The molecule has 6 atom stereocenters. The molecule has 1 aromatic carbocycles. The van der Waals surface area contributed by atoms with Crippen LogP contribution in [0.5, 0.6) is 0 Å². The summed E-state index contributed by atoms with van der Waals surface area (Å²) in [6, 6.07) is 6.13. The molecule has 0 aliphatic carbocycles. The molecule has 2 saturated heterocycles. The Kier molecular flexibility index (Phi) is 6.86. The minimum atomic E-state index is -1.37. The number of hydrogen-bond acceptors (Lipinski definition) is 7. The first-order chi connectivity index (χ1) is 18.3. The third-order valence-electron chi connectivity index (χ3n) is 8.66. The summed E-state index contributed by atoms with van der Waals surface area (Å²) in [6.45, 7) is 9.63. The Bertz CT molecular complexity index is 1160. The van der Waals surface area contributed by atoms with Crippen LogP contribution in [0, 0.1) is 11.8 Å². The maximum absolute atomic E-state index is 14.4. The van der Waals surface area contributed by atoms with Gasteiger partial charge in [0, 0.05) is 31.0 Å². The molecule has 2 fully saturated rings. The van der Waals surface area contributed by atoms with Gasteiger partial charge in [-0.3, -0.25) is 14.4 Å². The second kappa shape index (κ2) is 9.85. The van der Waals surface area contributed by atoms with Crippen molar-refractivity contribution in [2.45, 2.75) is 57.4 Å². The lowest BCUT2D eigenvalue weighted by molar-refractivity contribution is -0.158. The van der Waals surface area contributed by atoms with Gasteiger partial charge in [-0.25, -0.2) is 0 Å². The van der Waals surface area contributed by atoms with Crippen LogP contribution in [-0.2, 0) is 23.9 Å². The number of fused-ring (bicyclic) bond motifs is 2. The van der Waals surface area contributed by atoms with Crippen molar-refractivity contribution < 1.29 is 29.0 Å². The number of rotatable bonds is 7. The van der Waals surface area contributed by atoms with E-state index in [0.29, 0.717) is 12.1 Å². The number of carbonyl (C=O) groups excluding carboxylic acids is 3. The van der Waals surface area contributed by atoms with Gasteiger partial charge in [0.2, 0.25) is 5.91 Å². The van der Waals surface area contributed by atoms with Crippen molar-refractivity contribution in [3.8, 4) is 0 Å². The second-order valence-corrected chi connectivity index (χ2v) is 10.5. The Balaban J connectivity index is 1.60. The van der Waals surface area contributed by atoms with Gasteiger partial charge in [0.25, 0.3) is 5.91 Å². The molecular weight excluding hydrogens is 486 g/mol. The van der Waals surface area contributed by atoms with Gasteiger partial charge in [0.05, 0.1) is 18.6 Å². The van der Waals surface area contributed by atoms with Crippen molar-refractivity contribution in [1.82, 2.24) is 4.90 Å². The molecule has 0 radical (unpaired) electrons. The Morgan fingerprint density at radius 1 is 1.03 bits per heavy atom. The van der Waals surface area contributed by atoms with Crippen LogP contribution in [-0.4, -0.2) is 83.9 Å². The molecule has 2 amide bonds. The average molecular weight is 524 g/mol. The Hall–Kier alpha value is -3.17. The van der Waals surface area contributed by atoms with Crippen LogP contribution < -0.4 is 9.80 Å². The number of cyclic esters (lactones) is 1. The normalized spacial score (nSPS) is 32.9. The van der Waals surface area contributed by atoms with Crippen molar-refractivity contribution in [3.05, 3.63) is 48.6 Å². The Morgan fingerprint density at radius 2 is 1.74 bits per heavy atom. The minimum absolute atomic E-state index is 0.112. The fraction of sp³-hybridized carbons (Fsp3) is 0.552. The Labute approximate surface area is 223 Å². The molecule has 1 unspecified atom stereocenters. The summed E-state index contributed by atoms with van der Waals surface area (Å²) in [6.07, 6.45) is 7.67. The highest BCUT2D eigenvalue weighted by atomic mass is 16.6. The van der Waals surface area contributed by atoms with Gasteiger partial charge >= 0.3 is 5.97 Å². The second-order valence-electron chi connectivity index (χ2n) is 10.5. The third kappa shape index (κ3) is 3.70. The maximum Gasteiger partial charge on any atom is 0.313 e. The zero-order valence-electron chi connectivity index (χ0n) is 22.5. The SMILES string of the molecule is CCN(CC)c1ccc(N2CC=C[C@]34O[C@]5(CC)C=CCOC(=O)[C@@H]5[C@H]3C(=O)N([C@H](C)CO)C4C2=O)cc1. The number of benzene rings is 1. The number of aliphatic hydroxyl groups excluding tert-OH is 1. The van der Waals surface area contributed by atoms with Gasteiger partial charge in [-0.15, -0.1) is 0 Å². The summed E-state index contributed by atoms with van der Waals surface area (Å²) in [7, 11) is 0. The lowest BCUT2D eigenvalue weighted by Crippen LogP contribution is -2.58. The predicted molar refractivity (Wildman–Crippen MR) is 143 cm³/mol. The number of hydrogen-bond donors (Lipinski definition) is 1. The van der Waals surface area contributed by atoms with Crippen molar-refractivity contribution >= 4 is 29.2 Å². The number of aliphatic hydroxyl groups is 1. The number of ether oxygens (including phenoxy) is 2. The van der Waals surface area contributed by atoms with Crippen LogP contribution in [0.4, 0.5) is 11.4 Å². The molecule has 0 bridgehead atoms. The highest BCUT2D eigenvalue weighted by molar-refractivity contribution is 6.05.